The maximum Gasteiger partial charge on any atom is 0.246 e. The highest BCUT2D eigenvalue weighted by Gasteiger charge is 2.24. The molecule has 0 radical (unpaired) electrons. The first-order chi connectivity index (χ1) is 10.9. The van der Waals surface area contributed by atoms with E-state index in [1.807, 2.05) is 12.4 Å². The van der Waals surface area contributed by atoms with E-state index in [9.17, 15) is 0 Å². The first kappa shape index (κ1) is 13.9. The monoisotopic (exact) mass is 302 g/mol. The molecule has 22 heavy (non-hydrogen) atoms. The fourth-order valence-corrected chi connectivity index (χ4v) is 3.56. The van der Waals surface area contributed by atoms with E-state index in [4.69, 9.17) is 9.26 Å². The Labute approximate surface area is 129 Å². The van der Waals surface area contributed by atoms with Crippen molar-refractivity contribution in [1.29, 1.82) is 0 Å². The van der Waals surface area contributed by atoms with E-state index in [2.05, 4.69) is 19.7 Å². The maximum absolute atomic E-state index is 5.47. The normalized spacial score (nSPS) is 23.2. The van der Waals surface area contributed by atoms with Crippen molar-refractivity contribution in [1.82, 2.24) is 19.7 Å². The van der Waals surface area contributed by atoms with Gasteiger partial charge in [0.15, 0.2) is 5.82 Å². The zero-order valence-corrected chi connectivity index (χ0v) is 12.8. The van der Waals surface area contributed by atoms with Gasteiger partial charge in [0.25, 0.3) is 0 Å². The highest BCUT2D eigenvalue weighted by atomic mass is 16.5. The number of rotatable bonds is 4. The van der Waals surface area contributed by atoms with Gasteiger partial charge < -0.3 is 13.8 Å². The predicted molar refractivity (Wildman–Crippen MR) is 79.6 cm³/mol. The van der Waals surface area contributed by atoms with Crippen molar-refractivity contribution in [2.45, 2.75) is 56.9 Å². The first-order valence-electron chi connectivity index (χ1n) is 8.31. The van der Waals surface area contributed by atoms with Gasteiger partial charge in [-0.05, 0) is 19.3 Å². The second-order valence-electron chi connectivity index (χ2n) is 6.36. The van der Waals surface area contributed by atoms with Crippen molar-refractivity contribution in [3.8, 4) is 0 Å². The molecule has 2 aromatic heterocycles. The molecule has 0 amide bonds. The molecule has 1 aliphatic carbocycles. The smallest absolute Gasteiger partial charge is 0.246 e. The minimum absolute atomic E-state index is 0.385. The van der Waals surface area contributed by atoms with Crippen molar-refractivity contribution in [2.75, 3.05) is 13.2 Å². The third-order valence-electron chi connectivity index (χ3n) is 4.80. The Morgan fingerprint density at radius 2 is 2.05 bits per heavy atom. The highest BCUT2D eigenvalue weighted by molar-refractivity contribution is 5.05. The lowest BCUT2D eigenvalue weighted by atomic mass is 9.89. The number of nitrogens with zero attached hydrogens (tertiary/aromatic N) is 4. The summed E-state index contributed by atoms with van der Waals surface area (Å²) in [5.41, 5.74) is 0. The second kappa shape index (κ2) is 6.20. The van der Waals surface area contributed by atoms with E-state index in [1.54, 1.807) is 0 Å². The summed E-state index contributed by atoms with van der Waals surface area (Å²) in [7, 11) is 0. The van der Waals surface area contributed by atoms with Gasteiger partial charge >= 0.3 is 0 Å². The van der Waals surface area contributed by atoms with Gasteiger partial charge in [0.2, 0.25) is 5.89 Å². The van der Waals surface area contributed by atoms with Crippen LogP contribution in [0.5, 0.6) is 0 Å². The van der Waals surface area contributed by atoms with Gasteiger partial charge in [-0.1, -0.05) is 24.4 Å². The van der Waals surface area contributed by atoms with Gasteiger partial charge in [-0.15, -0.1) is 0 Å². The minimum Gasteiger partial charge on any atom is -0.381 e. The standard InChI is InChI=1S/C16H22N4O2/c1-2-4-12(5-3-1)15-18-14(22-19-15)10-20-8-7-17-16(20)13-6-9-21-11-13/h7-8,12-13H,1-6,9-11H2/t13-/m0/s1. The molecular formula is C16H22N4O2. The SMILES string of the molecule is c1cn(Cc2nc(C3CCCCC3)no2)c([C@H]2CCOC2)n1. The summed E-state index contributed by atoms with van der Waals surface area (Å²) < 4.78 is 13.0. The summed E-state index contributed by atoms with van der Waals surface area (Å²) in [6, 6.07) is 0. The number of hydrogen-bond donors (Lipinski definition) is 0. The average Bonchev–Trinajstić information content (AvgIpc) is 3.30. The Morgan fingerprint density at radius 1 is 1.14 bits per heavy atom. The molecule has 0 spiro atoms. The van der Waals surface area contributed by atoms with Gasteiger partial charge in [-0.3, -0.25) is 0 Å². The molecule has 1 saturated heterocycles. The molecule has 2 fully saturated rings. The second-order valence-corrected chi connectivity index (χ2v) is 6.36. The molecule has 2 aromatic rings. The lowest BCUT2D eigenvalue weighted by molar-refractivity contribution is 0.192. The number of hydrogen-bond acceptors (Lipinski definition) is 5. The largest absolute Gasteiger partial charge is 0.381 e. The molecule has 0 aromatic carbocycles. The zero-order chi connectivity index (χ0) is 14.8. The summed E-state index contributed by atoms with van der Waals surface area (Å²) in [4.78, 5) is 9.10. The Balaban J connectivity index is 1.47. The van der Waals surface area contributed by atoms with Crippen LogP contribution in [0.3, 0.4) is 0 Å². The van der Waals surface area contributed by atoms with Crippen LogP contribution < -0.4 is 0 Å². The van der Waals surface area contributed by atoms with Crippen LogP contribution in [0.2, 0.25) is 0 Å². The van der Waals surface area contributed by atoms with E-state index >= 15 is 0 Å². The molecule has 4 rings (SSSR count). The quantitative estimate of drug-likeness (QED) is 0.869. The van der Waals surface area contributed by atoms with E-state index in [0.29, 0.717) is 24.3 Å². The minimum atomic E-state index is 0.385. The van der Waals surface area contributed by atoms with Crippen LogP contribution in [0.4, 0.5) is 0 Å². The molecule has 3 heterocycles. The summed E-state index contributed by atoms with van der Waals surface area (Å²) in [5.74, 6) is 3.50. The zero-order valence-electron chi connectivity index (χ0n) is 12.8. The first-order valence-corrected chi connectivity index (χ1v) is 8.31. The van der Waals surface area contributed by atoms with Gasteiger partial charge in [-0.2, -0.15) is 4.98 Å². The fraction of sp³-hybridized carbons (Fsp3) is 0.688. The average molecular weight is 302 g/mol. The van der Waals surface area contributed by atoms with Crippen molar-refractivity contribution in [2.24, 2.45) is 0 Å². The lowest BCUT2D eigenvalue weighted by Crippen LogP contribution is -2.10. The molecular weight excluding hydrogens is 280 g/mol. The Kier molecular flexibility index (Phi) is 3.93. The molecule has 2 aliphatic rings. The molecule has 1 saturated carbocycles. The molecule has 0 bridgehead atoms. The summed E-state index contributed by atoms with van der Waals surface area (Å²) in [6.45, 7) is 2.18. The van der Waals surface area contributed by atoms with Crippen LogP contribution in [-0.4, -0.2) is 32.9 Å². The van der Waals surface area contributed by atoms with E-state index < -0.39 is 0 Å². The van der Waals surface area contributed by atoms with Crippen LogP contribution in [0.25, 0.3) is 0 Å². The Bertz CT molecular complexity index is 609. The third kappa shape index (κ3) is 2.79. The molecule has 6 nitrogen and oxygen atoms in total. The molecule has 118 valence electrons. The van der Waals surface area contributed by atoms with Crippen LogP contribution in [0, 0.1) is 0 Å². The Hall–Kier alpha value is -1.69. The van der Waals surface area contributed by atoms with Crippen LogP contribution >= 0.6 is 0 Å². The molecule has 1 atom stereocenters. The third-order valence-corrected chi connectivity index (χ3v) is 4.80. The van der Waals surface area contributed by atoms with Gasteiger partial charge in [0, 0.05) is 30.8 Å². The van der Waals surface area contributed by atoms with Crippen molar-refractivity contribution in [3.05, 3.63) is 29.9 Å². The van der Waals surface area contributed by atoms with E-state index in [0.717, 1.165) is 31.3 Å². The van der Waals surface area contributed by atoms with Crippen molar-refractivity contribution in [3.63, 3.8) is 0 Å². The molecule has 1 aliphatic heterocycles. The predicted octanol–water partition coefficient (Wildman–Crippen LogP) is 2.87. The van der Waals surface area contributed by atoms with Crippen molar-refractivity contribution < 1.29 is 9.26 Å². The van der Waals surface area contributed by atoms with Crippen LogP contribution in [0.15, 0.2) is 16.9 Å². The van der Waals surface area contributed by atoms with Crippen molar-refractivity contribution >= 4 is 0 Å². The molecule has 6 heteroatoms. The van der Waals surface area contributed by atoms with Gasteiger partial charge in [-0.25, -0.2) is 4.98 Å². The summed E-state index contributed by atoms with van der Waals surface area (Å²) in [6.07, 6.45) is 11.1. The topological polar surface area (TPSA) is 66.0 Å². The van der Waals surface area contributed by atoms with E-state index in [1.165, 1.54) is 32.1 Å². The number of ether oxygens (including phenoxy) is 1. The number of imidazole rings is 1. The highest BCUT2D eigenvalue weighted by Crippen LogP contribution is 2.31. The Morgan fingerprint density at radius 3 is 2.86 bits per heavy atom. The molecule has 0 N–H and O–H groups in total. The molecule has 0 unspecified atom stereocenters. The summed E-state index contributed by atoms with van der Waals surface area (Å²) in [5, 5.41) is 4.20. The van der Waals surface area contributed by atoms with Gasteiger partial charge in [0.05, 0.1) is 6.61 Å². The summed E-state index contributed by atoms with van der Waals surface area (Å²) >= 11 is 0. The maximum atomic E-state index is 5.47. The number of aromatic nitrogens is 4. The van der Waals surface area contributed by atoms with E-state index in [-0.39, 0.29) is 0 Å². The van der Waals surface area contributed by atoms with Gasteiger partial charge in [0.1, 0.15) is 12.4 Å². The lowest BCUT2D eigenvalue weighted by Gasteiger charge is -2.17. The fourth-order valence-electron chi connectivity index (χ4n) is 3.56. The van der Waals surface area contributed by atoms with Crippen LogP contribution in [0.1, 0.15) is 67.9 Å². The van der Waals surface area contributed by atoms with Crippen LogP contribution in [-0.2, 0) is 11.3 Å².